The molecule has 3 nitrogen and oxygen atoms in total. The van der Waals surface area contributed by atoms with Gasteiger partial charge < -0.3 is 9.84 Å². The van der Waals surface area contributed by atoms with Crippen LogP contribution in [0.3, 0.4) is 0 Å². The third kappa shape index (κ3) is 7.33. The molecule has 0 aliphatic heterocycles. The molecule has 0 radical (unpaired) electrons. The number of esters is 1. The molecule has 11 heavy (non-hydrogen) atoms. The number of aliphatic hydroxyl groups is 1. The van der Waals surface area contributed by atoms with E-state index in [0.29, 0.717) is 12.5 Å². The van der Waals surface area contributed by atoms with E-state index in [2.05, 4.69) is 13.8 Å². The first kappa shape index (κ1) is 10.4. The summed E-state index contributed by atoms with van der Waals surface area (Å²) in [5.41, 5.74) is 0. The Balaban J connectivity index is 3.17. The molecule has 0 rings (SSSR count). The summed E-state index contributed by atoms with van der Waals surface area (Å²) in [5, 5.41) is 8.34. The van der Waals surface area contributed by atoms with Crippen LogP contribution in [0.25, 0.3) is 0 Å². The van der Waals surface area contributed by atoms with Crippen molar-refractivity contribution in [2.45, 2.75) is 26.7 Å². The van der Waals surface area contributed by atoms with E-state index in [-0.39, 0.29) is 19.0 Å². The molecule has 0 spiro atoms. The van der Waals surface area contributed by atoms with Gasteiger partial charge in [-0.25, -0.2) is 0 Å². The van der Waals surface area contributed by atoms with Crippen LogP contribution in [-0.2, 0) is 9.53 Å². The van der Waals surface area contributed by atoms with Gasteiger partial charge in [-0.1, -0.05) is 13.8 Å². The summed E-state index contributed by atoms with van der Waals surface area (Å²) in [4.78, 5) is 10.6. The number of hydrogen-bond donors (Lipinski definition) is 1. The number of hydrogen-bond acceptors (Lipinski definition) is 3. The molecule has 0 atom stereocenters. The van der Waals surface area contributed by atoms with Crippen molar-refractivity contribution in [2.75, 3.05) is 13.2 Å². The van der Waals surface area contributed by atoms with Crippen LogP contribution < -0.4 is 0 Å². The molecule has 3 heteroatoms. The van der Waals surface area contributed by atoms with Crippen LogP contribution in [0.2, 0.25) is 0 Å². The van der Waals surface area contributed by atoms with Gasteiger partial charge in [0.15, 0.2) is 0 Å². The molecule has 0 fully saturated rings. The molecular weight excluding hydrogens is 144 g/mol. The highest BCUT2D eigenvalue weighted by Gasteiger charge is 2.01. The maximum Gasteiger partial charge on any atom is 0.308 e. The molecular formula is C8H16O3. The zero-order chi connectivity index (χ0) is 8.69. The lowest BCUT2D eigenvalue weighted by molar-refractivity contribution is -0.144. The zero-order valence-corrected chi connectivity index (χ0v) is 7.17. The second-order valence-electron chi connectivity index (χ2n) is 2.88. The Hall–Kier alpha value is -0.570. The lowest BCUT2D eigenvalue weighted by Gasteiger charge is -2.05. The van der Waals surface area contributed by atoms with Gasteiger partial charge in [0.1, 0.15) is 0 Å². The molecule has 0 aliphatic carbocycles. The van der Waals surface area contributed by atoms with Gasteiger partial charge >= 0.3 is 5.97 Å². The maximum atomic E-state index is 10.6. The predicted octanol–water partition coefficient (Wildman–Crippen LogP) is 0.958. The van der Waals surface area contributed by atoms with Crippen molar-refractivity contribution in [3.8, 4) is 0 Å². The van der Waals surface area contributed by atoms with E-state index < -0.39 is 0 Å². The lowest BCUT2D eigenvalue weighted by Crippen LogP contribution is -2.08. The minimum Gasteiger partial charge on any atom is -0.466 e. The van der Waals surface area contributed by atoms with E-state index in [1.54, 1.807) is 0 Å². The minimum absolute atomic E-state index is 0.109. The van der Waals surface area contributed by atoms with Gasteiger partial charge in [0, 0.05) is 0 Å². The summed E-state index contributed by atoms with van der Waals surface area (Å²) >= 11 is 0. The summed E-state index contributed by atoms with van der Waals surface area (Å²) < 4.78 is 4.79. The monoisotopic (exact) mass is 160 g/mol. The van der Waals surface area contributed by atoms with Crippen molar-refractivity contribution in [2.24, 2.45) is 5.92 Å². The normalized spacial score (nSPS) is 10.2. The molecule has 0 aromatic carbocycles. The van der Waals surface area contributed by atoms with E-state index in [0.717, 1.165) is 6.42 Å². The topological polar surface area (TPSA) is 46.5 Å². The predicted molar refractivity (Wildman–Crippen MR) is 42.1 cm³/mol. The van der Waals surface area contributed by atoms with Gasteiger partial charge in [-0.15, -0.1) is 0 Å². The first-order valence-corrected chi connectivity index (χ1v) is 3.93. The van der Waals surface area contributed by atoms with Crippen molar-refractivity contribution in [3.63, 3.8) is 0 Å². The smallest absolute Gasteiger partial charge is 0.308 e. The SMILES string of the molecule is CC(C)CCOC(=O)CCO. The molecule has 0 saturated heterocycles. The van der Waals surface area contributed by atoms with Crippen molar-refractivity contribution in [1.82, 2.24) is 0 Å². The molecule has 0 saturated carbocycles. The molecule has 0 bridgehead atoms. The summed E-state index contributed by atoms with van der Waals surface area (Å²) in [5.74, 6) is 0.241. The van der Waals surface area contributed by atoms with Gasteiger partial charge in [-0.2, -0.15) is 0 Å². The molecule has 0 aliphatic rings. The third-order valence-corrected chi connectivity index (χ3v) is 1.27. The zero-order valence-electron chi connectivity index (χ0n) is 7.17. The fraction of sp³-hybridized carbons (Fsp3) is 0.875. The third-order valence-electron chi connectivity index (χ3n) is 1.27. The average Bonchev–Trinajstić information content (AvgIpc) is 1.87. The fourth-order valence-electron chi connectivity index (χ4n) is 0.572. The maximum absolute atomic E-state index is 10.6. The molecule has 0 unspecified atom stereocenters. The second kappa shape index (κ2) is 6.16. The Morgan fingerprint density at radius 2 is 2.18 bits per heavy atom. The molecule has 0 aromatic heterocycles. The second-order valence-corrected chi connectivity index (χ2v) is 2.88. The average molecular weight is 160 g/mol. The van der Waals surface area contributed by atoms with Crippen molar-refractivity contribution in [1.29, 1.82) is 0 Å². The Morgan fingerprint density at radius 1 is 1.55 bits per heavy atom. The summed E-state index contributed by atoms with van der Waals surface area (Å²) in [6.07, 6.45) is 0.995. The van der Waals surface area contributed by atoms with E-state index in [1.165, 1.54) is 0 Å². The standard InChI is InChI=1S/C8H16O3/c1-7(2)4-6-11-8(10)3-5-9/h7,9H,3-6H2,1-2H3. The van der Waals surface area contributed by atoms with E-state index >= 15 is 0 Å². The summed E-state index contributed by atoms with van der Waals surface area (Å²) in [7, 11) is 0. The Morgan fingerprint density at radius 3 is 2.64 bits per heavy atom. The number of carbonyl (C=O) groups excluding carboxylic acids is 1. The highest BCUT2D eigenvalue weighted by molar-refractivity contribution is 5.69. The Kier molecular flexibility index (Phi) is 5.84. The van der Waals surface area contributed by atoms with Crippen molar-refractivity contribution < 1.29 is 14.6 Å². The van der Waals surface area contributed by atoms with E-state index in [4.69, 9.17) is 9.84 Å². The minimum atomic E-state index is -0.312. The first-order chi connectivity index (χ1) is 5.16. The molecule has 0 aromatic rings. The Bertz CT molecular complexity index is 110. The van der Waals surface area contributed by atoms with Gasteiger partial charge in [0.05, 0.1) is 19.6 Å². The molecule has 0 amide bonds. The van der Waals surface area contributed by atoms with Gasteiger partial charge in [0.25, 0.3) is 0 Å². The molecule has 1 N–H and O–H groups in total. The quantitative estimate of drug-likeness (QED) is 0.609. The molecule has 0 heterocycles. The van der Waals surface area contributed by atoms with E-state index in [9.17, 15) is 4.79 Å². The number of carbonyl (C=O) groups is 1. The summed E-state index contributed by atoms with van der Waals surface area (Å²) in [6, 6.07) is 0. The molecule has 66 valence electrons. The van der Waals surface area contributed by atoms with Crippen LogP contribution in [0.4, 0.5) is 0 Å². The van der Waals surface area contributed by atoms with Crippen molar-refractivity contribution in [3.05, 3.63) is 0 Å². The van der Waals surface area contributed by atoms with Gasteiger partial charge in [0.2, 0.25) is 0 Å². The highest BCUT2D eigenvalue weighted by atomic mass is 16.5. The van der Waals surface area contributed by atoms with Crippen LogP contribution in [0.15, 0.2) is 0 Å². The summed E-state index contributed by atoms with van der Waals surface area (Å²) in [6.45, 7) is 4.48. The fourth-order valence-corrected chi connectivity index (χ4v) is 0.572. The largest absolute Gasteiger partial charge is 0.466 e. The Labute approximate surface area is 67.4 Å². The first-order valence-electron chi connectivity index (χ1n) is 3.93. The lowest BCUT2D eigenvalue weighted by atomic mass is 10.1. The van der Waals surface area contributed by atoms with Crippen LogP contribution in [0.1, 0.15) is 26.7 Å². The van der Waals surface area contributed by atoms with Gasteiger partial charge in [-0.05, 0) is 12.3 Å². The van der Waals surface area contributed by atoms with E-state index in [1.807, 2.05) is 0 Å². The highest BCUT2D eigenvalue weighted by Crippen LogP contribution is 1.99. The van der Waals surface area contributed by atoms with Gasteiger partial charge in [-0.3, -0.25) is 4.79 Å². The van der Waals surface area contributed by atoms with Crippen LogP contribution in [0, 0.1) is 5.92 Å². The number of ether oxygens (including phenoxy) is 1. The van der Waals surface area contributed by atoms with Crippen molar-refractivity contribution >= 4 is 5.97 Å². The van der Waals surface area contributed by atoms with Crippen LogP contribution in [-0.4, -0.2) is 24.3 Å². The number of aliphatic hydroxyl groups excluding tert-OH is 1. The van der Waals surface area contributed by atoms with Crippen LogP contribution >= 0.6 is 0 Å². The van der Waals surface area contributed by atoms with Crippen LogP contribution in [0.5, 0.6) is 0 Å². The number of rotatable bonds is 5.